The maximum absolute atomic E-state index is 14.5. The minimum Gasteiger partial charge on any atom is -0.432 e. The van der Waals surface area contributed by atoms with Crippen LogP contribution in [0.15, 0.2) is 21.9 Å². The zero-order valence-electron chi connectivity index (χ0n) is 19.9. The smallest absolute Gasteiger partial charge is 0.432 e. The van der Waals surface area contributed by atoms with Crippen LogP contribution in [0.2, 0.25) is 0 Å². The summed E-state index contributed by atoms with van der Waals surface area (Å²) in [7, 11) is -4.56. The van der Waals surface area contributed by atoms with E-state index >= 15 is 0 Å². The third-order valence-corrected chi connectivity index (χ3v) is 5.42. The topological polar surface area (TPSA) is 180 Å². The van der Waals surface area contributed by atoms with Crippen molar-refractivity contribution in [3.8, 4) is 0 Å². The number of phosphoric acid groups is 1. The maximum Gasteiger partial charge on any atom is 0.510 e. The third kappa shape index (κ3) is 9.70. The predicted octanol–water partition coefficient (Wildman–Crippen LogP) is 2.36. The van der Waals surface area contributed by atoms with Gasteiger partial charge in [-0.15, -0.1) is 0 Å². The number of nitrogens with zero attached hydrogens (tertiary/aromatic N) is 1. The summed E-state index contributed by atoms with van der Waals surface area (Å²) in [5.74, 6) is 0. The molecule has 1 aliphatic heterocycles. The van der Waals surface area contributed by atoms with Crippen molar-refractivity contribution < 1.29 is 55.8 Å². The van der Waals surface area contributed by atoms with E-state index in [1.165, 1.54) is 0 Å². The number of alkyl halides is 1. The van der Waals surface area contributed by atoms with Gasteiger partial charge in [0.1, 0.15) is 6.17 Å². The van der Waals surface area contributed by atoms with Crippen LogP contribution in [0, 0.1) is 0 Å². The summed E-state index contributed by atoms with van der Waals surface area (Å²) in [6, 6.07) is 1.02. The summed E-state index contributed by atoms with van der Waals surface area (Å²) in [4.78, 5) is 48.1. The second-order valence-corrected chi connectivity index (χ2v) is 9.45. The number of halogens is 1. The molecule has 2 rings (SSSR count). The van der Waals surface area contributed by atoms with Gasteiger partial charge in [-0.2, -0.15) is 0 Å². The van der Waals surface area contributed by atoms with Gasteiger partial charge < -0.3 is 23.7 Å². The number of hydrogen-bond acceptors (Lipinski definition) is 13. The van der Waals surface area contributed by atoms with E-state index in [-0.39, 0.29) is 6.42 Å². The second-order valence-electron chi connectivity index (χ2n) is 7.78. The van der Waals surface area contributed by atoms with E-state index < -0.39 is 82.3 Å². The highest BCUT2D eigenvalue weighted by Crippen LogP contribution is 2.50. The van der Waals surface area contributed by atoms with Crippen LogP contribution in [0.4, 0.5) is 14.0 Å². The van der Waals surface area contributed by atoms with E-state index in [2.05, 4.69) is 9.47 Å². The second kappa shape index (κ2) is 13.5. The zero-order chi connectivity index (χ0) is 26.9. The molecule has 3 unspecified atom stereocenters. The molecule has 1 aromatic heterocycles. The summed E-state index contributed by atoms with van der Waals surface area (Å²) in [5, 5.41) is 0. The normalized spacial score (nSPS) is 19.9. The van der Waals surface area contributed by atoms with Crippen LogP contribution in [-0.4, -0.2) is 66.5 Å². The van der Waals surface area contributed by atoms with Gasteiger partial charge in [0.2, 0.25) is 13.6 Å². The van der Waals surface area contributed by atoms with Gasteiger partial charge in [0.25, 0.3) is 5.56 Å². The molecule has 204 valence electrons. The Morgan fingerprint density at radius 1 is 1.08 bits per heavy atom. The van der Waals surface area contributed by atoms with Gasteiger partial charge in [-0.3, -0.25) is 18.9 Å². The monoisotopic (exact) mass is 542 g/mol. The van der Waals surface area contributed by atoms with Gasteiger partial charge in [-0.25, -0.2) is 32.4 Å². The molecule has 0 saturated carbocycles. The fourth-order valence-corrected chi connectivity index (χ4v) is 3.63. The number of carbonyl (C=O) groups is 2. The van der Waals surface area contributed by atoms with Gasteiger partial charge in [0.15, 0.2) is 6.23 Å². The van der Waals surface area contributed by atoms with Gasteiger partial charge in [-0.05, 0) is 27.7 Å². The van der Waals surface area contributed by atoms with E-state index in [0.717, 1.165) is 16.8 Å². The average Bonchev–Trinajstić information content (AvgIpc) is 3.11. The molecule has 0 radical (unpaired) electrons. The Morgan fingerprint density at radius 2 is 1.64 bits per heavy atom. The molecule has 1 aliphatic rings. The molecular weight excluding hydrogens is 514 g/mol. The molecule has 3 atom stereocenters. The lowest BCUT2D eigenvalue weighted by Crippen LogP contribution is -2.34. The number of rotatable bonds is 12. The minimum atomic E-state index is -4.56. The van der Waals surface area contributed by atoms with Crippen LogP contribution in [0.5, 0.6) is 0 Å². The van der Waals surface area contributed by atoms with Crippen LogP contribution in [-0.2, 0) is 41.8 Å². The SMILES string of the molecule is CC(C)OC(=O)OCOP(=O)(OCOC(=O)OC(C)C)OCC1CC(F)C(n2ccc(=O)[nH]c2=O)O1. The number of aromatic amines is 1. The molecular formula is C19H28FN2O13P. The largest absolute Gasteiger partial charge is 0.510 e. The van der Waals surface area contributed by atoms with Crippen molar-refractivity contribution in [3.05, 3.63) is 33.1 Å². The lowest BCUT2D eigenvalue weighted by Gasteiger charge is -2.20. The van der Waals surface area contributed by atoms with Gasteiger partial charge in [-0.1, -0.05) is 0 Å². The van der Waals surface area contributed by atoms with Crippen molar-refractivity contribution in [2.45, 2.75) is 64.8 Å². The fraction of sp³-hybridized carbons (Fsp3) is 0.684. The number of nitrogens with one attached hydrogen (secondary N) is 1. The molecule has 0 bridgehead atoms. The summed E-state index contributed by atoms with van der Waals surface area (Å²) >= 11 is 0. The highest BCUT2D eigenvalue weighted by atomic mass is 31.2. The van der Waals surface area contributed by atoms with Crippen LogP contribution < -0.4 is 11.2 Å². The number of ether oxygens (including phenoxy) is 5. The Balaban J connectivity index is 1.98. The first kappa shape index (κ1) is 29.5. The van der Waals surface area contributed by atoms with Gasteiger partial charge >= 0.3 is 25.8 Å². The molecule has 1 saturated heterocycles. The van der Waals surface area contributed by atoms with Crippen molar-refractivity contribution >= 4 is 20.1 Å². The van der Waals surface area contributed by atoms with E-state index in [9.17, 15) is 28.1 Å². The average molecular weight is 542 g/mol. The van der Waals surface area contributed by atoms with Crippen LogP contribution in [0.3, 0.4) is 0 Å². The fourth-order valence-electron chi connectivity index (χ4n) is 2.70. The predicted molar refractivity (Wildman–Crippen MR) is 116 cm³/mol. The van der Waals surface area contributed by atoms with E-state index in [4.69, 9.17) is 27.8 Å². The van der Waals surface area contributed by atoms with Crippen molar-refractivity contribution in [3.63, 3.8) is 0 Å². The summed E-state index contributed by atoms with van der Waals surface area (Å²) < 4.78 is 67.3. The van der Waals surface area contributed by atoms with E-state index in [1.54, 1.807) is 27.7 Å². The van der Waals surface area contributed by atoms with E-state index in [0.29, 0.717) is 0 Å². The standard InChI is InChI=1S/C19H28FN2O13P/c1-11(2)33-18(25)28-9-31-36(27,32-10-29-19(26)34-12(3)4)30-8-13-7-14(20)16(35-13)22-6-5-15(23)21-17(22)24/h5-6,11-14,16H,7-10H2,1-4H3,(H,21,23,24). The molecule has 2 heterocycles. The number of H-pyrrole nitrogens is 1. The molecule has 0 spiro atoms. The first-order valence-electron chi connectivity index (χ1n) is 10.7. The Hall–Kier alpha value is -2.78. The molecule has 0 aliphatic carbocycles. The number of phosphoric ester groups is 1. The molecule has 0 amide bonds. The molecule has 17 heteroatoms. The summed E-state index contributed by atoms with van der Waals surface area (Å²) in [5.41, 5.74) is -1.55. The van der Waals surface area contributed by atoms with Crippen LogP contribution in [0.1, 0.15) is 40.3 Å². The third-order valence-electron chi connectivity index (χ3n) is 4.11. The number of carbonyl (C=O) groups excluding carboxylic acids is 2. The van der Waals surface area contributed by atoms with Crippen molar-refractivity contribution in [1.82, 2.24) is 9.55 Å². The molecule has 1 fully saturated rings. The van der Waals surface area contributed by atoms with Crippen LogP contribution in [0.25, 0.3) is 0 Å². The highest BCUT2D eigenvalue weighted by Gasteiger charge is 2.39. The van der Waals surface area contributed by atoms with Crippen molar-refractivity contribution in [2.24, 2.45) is 0 Å². The maximum atomic E-state index is 14.5. The van der Waals surface area contributed by atoms with Crippen LogP contribution >= 0.6 is 7.82 Å². The highest BCUT2D eigenvalue weighted by molar-refractivity contribution is 7.48. The first-order chi connectivity index (χ1) is 16.9. The summed E-state index contributed by atoms with van der Waals surface area (Å²) in [6.45, 7) is 3.88. The Bertz CT molecular complexity index is 1010. The van der Waals surface area contributed by atoms with Crippen molar-refractivity contribution in [2.75, 3.05) is 20.2 Å². The molecule has 0 aromatic carbocycles. The Morgan fingerprint density at radius 3 is 2.14 bits per heavy atom. The molecule has 1 N–H and O–H groups in total. The van der Waals surface area contributed by atoms with Gasteiger partial charge in [0.05, 0.1) is 24.9 Å². The number of hydrogen-bond donors (Lipinski definition) is 1. The first-order valence-corrected chi connectivity index (χ1v) is 12.2. The number of aromatic nitrogens is 2. The van der Waals surface area contributed by atoms with Crippen molar-refractivity contribution in [1.29, 1.82) is 0 Å². The molecule has 36 heavy (non-hydrogen) atoms. The quantitative estimate of drug-likeness (QED) is 0.231. The minimum absolute atomic E-state index is 0.273. The Kier molecular flexibility index (Phi) is 11.0. The zero-order valence-corrected chi connectivity index (χ0v) is 20.8. The molecule has 15 nitrogen and oxygen atoms in total. The summed E-state index contributed by atoms with van der Waals surface area (Å²) in [6.07, 6.45) is -6.52. The Labute approximate surface area is 204 Å². The lowest BCUT2D eigenvalue weighted by molar-refractivity contribution is -0.0621. The lowest BCUT2D eigenvalue weighted by atomic mass is 10.2. The molecule has 1 aromatic rings. The van der Waals surface area contributed by atoms with Gasteiger partial charge in [0, 0.05) is 18.7 Å². The van der Waals surface area contributed by atoms with E-state index in [1.807, 2.05) is 4.98 Å².